The van der Waals surface area contributed by atoms with Gasteiger partial charge in [-0.15, -0.1) is 5.10 Å². The van der Waals surface area contributed by atoms with Crippen LogP contribution in [0.3, 0.4) is 0 Å². The van der Waals surface area contributed by atoms with E-state index in [-0.39, 0.29) is 11.5 Å². The van der Waals surface area contributed by atoms with Gasteiger partial charge in [-0.3, -0.25) is 4.72 Å². The number of aromatic nitrogens is 3. The van der Waals surface area contributed by atoms with Crippen molar-refractivity contribution in [2.45, 2.75) is 24.6 Å². The number of hydrogen-bond donors (Lipinski definition) is 1. The molecule has 0 aliphatic carbocycles. The highest BCUT2D eigenvalue weighted by Gasteiger charge is 2.34. The van der Waals surface area contributed by atoms with Gasteiger partial charge in [0.05, 0.1) is 34.6 Å². The number of anilines is 1. The lowest BCUT2D eigenvalue weighted by Gasteiger charge is -2.15. The molecule has 1 heterocycles. The van der Waals surface area contributed by atoms with Crippen molar-refractivity contribution >= 4 is 15.7 Å². The molecule has 0 fully saturated rings. The van der Waals surface area contributed by atoms with E-state index >= 15 is 0 Å². The number of rotatable bonds is 7. The molecule has 0 unspecified atom stereocenters. The fraction of sp³-hybridized carbons (Fsp3) is 0.222. The van der Waals surface area contributed by atoms with Crippen LogP contribution >= 0.6 is 0 Å². The molecule has 0 aliphatic rings. The SMILES string of the molecule is CCOCc1cn(-c2cccc(S(=O)(=O)Nc3ccccc3C(F)(F)F)c2)nn1. The Bertz CT molecular complexity index is 1100. The highest BCUT2D eigenvalue weighted by Crippen LogP contribution is 2.35. The molecule has 154 valence electrons. The number of halogens is 3. The van der Waals surface area contributed by atoms with Crippen LogP contribution in [0.15, 0.2) is 59.6 Å². The summed E-state index contributed by atoms with van der Waals surface area (Å²) in [7, 11) is -4.27. The van der Waals surface area contributed by atoms with Gasteiger partial charge in [0, 0.05) is 6.61 Å². The van der Waals surface area contributed by atoms with Crippen molar-refractivity contribution in [3.05, 3.63) is 66.0 Å². The van der Waals surface area contributed by atoms with Gasteiger partial charge in [-0.25, -0.2) is 13.1 Å². The number of nitrogens with zero attached hydrogens (tertiary/aromatic N) is 3. The van der Waals surface area contributed by atoms with E-state index in [4.69, 9.17) is 4.74 Å². The molecule has 3 rings (SSSR count). The molecule has 1 N–H and O–H groups in total. The molecule has 0 saturated heterocycles. The zero-order valence-electron chi connectivity index (χ0n) is 15.2. The number of para-hydroxylation sites is 1. The first-order chi connectivity index (χ1) is 13.7. The van der Waals surface area contributed by atoms with Crippen LogP contribution in [0.1, 0.15) is 18.2 Å². The second kappa shape index (κ2) is 8.21. The van der Waals surface area contributed by atoms with Crippen molar-refractivity contribution in [3.8, 4) is 5.69 Å². The first kappa shape index (κ1) is 20.8. The van der Waals surface area contributed by atoms with Gasteiger partial charge >= 0.3 is 6.18 Å². The molecule has 0 radical (unpaired) electrons. The van der Waals surface area contributed by atoms with Crippen LogP contribution in [0.2, 0.25) is 0 Å². The van der Waals surface area contributed by atoms with E-state index in [1.807, 2.05) is 11.6 Å². The van der Waals surface area contributed by atoms with Gasteiger partial charge in [-0.2, -0.15) is 13.2 Å². The molecule has 0 bridgehead atoms. The summed E-state index contributed by atoms with van der Waals surface area (Å²) < 4.78 is 73.4. The average molecular weight is 426 g/mol. The van der Waals surface area contributed by atoms with Gasteiger partial charge < -0.3 is 4.74 Å². The zero-order chi connectivity index (χ0) is 21.1. The predicted octanol–water partition coefficient (Wildman–Crippen LogP) is 3.62. The number of sulfonamides is 1. The third-order valence-corrected chi connectivity index (χ3v) is 5.23. The van der Waals surface area contributed by atoms with Crippen molar-refractivity contribution in [3.63, 3.8) is 0 Å². The van der Waals surface area contributed by atoms with Crippen LogP contribution in [0, 0.1) is 0 Å². The summed E-state index contributed by atoms with van der Waals surface area (Å²) in [6.45, 7) is 2.60. The predicted molar refractivity (Wildman–Crippen MR) is 98.9 cm³/mol. The lowest BCUT2D eigenvalue weighted by Crippen LogP contribution is -2.17. The standard InChI is InChI=1S/C18H17F3N4O3S/c1-2-28-12-13-11-25(24-22-13)14-6-5-7-15(10-14)29(26,27)23-17-9-4-3-8-16(17)18(19,20)21/h3-11,23H,2,12H2,1H3. The van der Waals surface area contributed by atoms with E-state index < -0.39 is 27.5 Å². The molecule has 0 atom stereocenters. The first-order valence-corrected chi connectivity index (χ1v) is 9.97. The Kier molecular flexibility index (Phi) is 5.89. The Morgan fingerprint density at radius 1 is 1.14 bits per heavy atom. The number of nitrogens with one attached hydrogen (secondary N) is 1. The smallest absolute Gasteiger partial charge is 0.375 e. The maximum atomic E-state index is 13.1. The summed E-state index contributed by atoms with van der Waals surface area (Å²) in [5.74, 6) is 0. The molecule has 0 saturated carbocycles. The van der Waals surface area contributed by atoms with Crippen molar-refractivity contribution in [1.29, 1.82) is 0 Å². The van der Waals surface area contributed by atoms with Crippen LogP contribution in [-0.4, -0.2) is 30.0 Å². The molecular formula is C18H17F3N4O3S. The van der Waals surface area contributed by atoms with Gasteiger partial charge in [0.2, 0.25) is 0 Å². The van der Waals surface area contributed by atoms with Gasteiger partial charge in [-0.1, -0.05) is 23.4 Å². The fourth-order valence-electron chi connectivity index (χ4n) is 2.51. The number of alkyl halides is 3. The molecule has 0 aliphatic heterocycles. The molecule has 29 heavy (non-hydrogen) atoms. The quantitative estimate of drug-likeness (QED) is 0.624. The van der Waals surface area contributed by atoms with Crippen molar-refractivity contribution in [1.82, 2.24) is 15.0 Å². The minimum atomic E-state index is -4.70. The maximum absolute atomic E-state index is 13.1. The largest absolute Gasteiger partial charge is 0.418 e. The van der Waals surface area contributed by atoms with Crippen LogP contribution in [0.5, 0.6) is 0 Å². The summed E-state index contributed by atoms with van der Waals surface area (Å²) in [6.07, 6.45) is -3.12. The van der Waals surface area contributed by atoms with E-state index in [0.717, 1.165) is 12.1 Å². The minimum Gasteiger partial charge on any atom is -0.375 e. The normalized spacial score (nSPS) is 12.1. The minimum absolute atomic E-state index is 0.214. The highest BCUT2D eigenvalue weighted by atomic mass is 32.2. The van der Waals surface area contributed by atoms with E-state index in [1.54, 1.807) is 12.3 Å². The second-order valence-electron chi connectivity index (χ2n) is 5.94. The summed E-state index contributed by atoms with van der Waals surface area (Å²) in [5, 5.41) is 7.84. The fourth-order valence-corrected chi connectivity index (χ4v) is 3.63. The van der Waals surface area contributed by atoms with Gasteiger partial charge in [0.1, 0.15) is 5.69 Å². The third kappa shape index (κ3) is 4.93. The summed E-state index contributed by atoms with van der Waals surface area (Å²) >= 11 is 0. The molecule has 3 aromatic rings. The molecule has 1 aromatic heterocycles. The van der Waals surface area contributed by atoms with E-state index in [2.05, 4.69) is 10.3 Å². The zero-order valence-corrected chi connectivity index (χ0v) is 16.0. The van der Waals surface area contributed by atoms with Crippen LogP contribution in [-0.2, 0) is 27.5 Å². The summed E-state index contributed by atoms with van der Waals surface area (Å²) in [4.78, 5) is -0.214. The molecule has 11 heteroatoms. The monoisotopic (exact) mass is 426 g/mol. The Hall–Kier alpha value is -2.92. The average Bonchev–Trinajstić information content (AvgIpc) is 3.15. The summed E-state index contributed by atoms with van der Waals surface area (Å²) in [5.41, 5.74) is -0.689. The second-order valence-corrected chi connectivity index (χ2v) is 7.62. The number of ether oxygens (including phenoxy) is 1. The first-order valence-electron chi connectivity index (χ1n) is 8.49. The van der Waals surface area contributed by atoms with Crippen LogP contribution in [0.25, 0.3) is 5.69 Å². The lowest BCUT2D eigenvalue weighted by atomic mass is 10.2. The van der Waals surface area contributed by atoms with E-state index in [1.165, 1.54) is 35.0 Å². The molecule has 0 amide bonds. The topological polar surface area (TPSA) is 86.1 Å². The van der Waals surface area contributed by atoms with Crippen molar-refractivity contribution < 1.29 is 26.3 Å². The maximum Gasteiger partial charge on any atom is 0.418 e. The Labute approximate surface area is 165 Å². The summed E-state index contributed by atoms with van der Waals surface area (Å²) in [6, 6.07) is 10.00. The van der Waals surface area contributed by atoms with Crippen LogP contribution < -0.4 is 4.72 Å². The van der Waals surface area contributed by atoms with E-state index in [0.29, 0.717) is 18.0 Å². The molecular weight excluding hydrogens is 409 g/mol. The lowest BCUT2D eigenvalue weighted by molar-refractivity contribution is -0.136. The number of benzene rings is 2. The van der Waals surface area contributed by atoms with Gasteiger partial charge in [-0.05, 0) is 37.3 Å². The Balaban J connectivity index is 1.89. The molecule has 2 aromatic carbocycles. The number of hydrogen-bond acceptors (Lipinski definition) is 5. The van der Waals surface area contributed by atoms with Crippen molar-refractivity contribution in [2.75, 3.05) is 11.3 Å². The third-order valence-electron chi connectivity index (χ3n) is 3.86. The van der Waals surface area contributed by atoms with Crippen molar-refractivity contribution in [2.24, 2.45) is 0 Å². The van der Waals surface area contributed by atoms with Crippen LogP contribution in [0.4, 0.5) is 18.9 Å². The van der Waals surface area contributed by atoms with Gasteiger partial charge in [0.15, 0.2) is 0 Å². The Morgan fingerprint density at radius 3 is 2.62 bits per heavy atom. The molecule has 7 nitrogen and oxygen atoms in total. The Morgan fingerprint density at radius 2 is 1.90 bits per heavy atom. The molecule has 0 spiro atoms. The van der Waals surface area contributed by atoms with Gasteiger partial charge in [0.25, 0.3) is 10.0 Å². The van der Waals surface area contributed by atoms with E-state index in [9.17, 15) is 21.6 Å². The highest BCUT2D eigenvalue weighted by molar-refractivity contribution is 7.92.